The molecule has 5 aromatic carbocycles. The Labute approximate surface area is 366 Å². The molecule has 0 saturated heterocycles. The number of fused-ring (bicyclic) bond motifs is 1. The third-order valence-electron chi connectivity index (χ3n) is 11.3. The number of aromatic nitrogens is 3. The van der Waals surface area contributed by atoms with E-state index in [1.807, 2.05) is 53.8 Å². The Balaban J connectivity index is 1.11. The number of benzene rings is 5. The zero-order valence-corrected chi connectivity index (χ0v) is 35.9. The molecule has 0 aliphatic rings. The quantitative estimate of drug-likeness (QED) is 0.0568. The van der Waals surface area contributed by atoms with Crippen molar-refractivity contribution in [1.29, 1.82) is 0 Å². The van der Waals surface area contributed by atoms with Crippen molar-refractivity contribution >= 4 is 21.4 Å². The minimum absolute atomic E-state index is 0.0444. The highest BCUT2D eigenvalue weighted by atomic mass is 32.1. The minimum Gasteiger partial charge on any atom is -0.208 e. The summed E-state index contributed by atoms with van der Waals surface area (Å²) >= 11 is 1.81. The molecule has 7 aromatic rings. The molecule has 2 aromatic heterocycles. The lowest BCUT2D eigenvalue weighted by molar-refractivity contribution is 0.767. The smallest absolute Gasteiger partial charge is 0.164 e. The van der Waals surface area contributed by atoms with Gasteiger partial charge in [0.05, 0.1) is 0 Å². The summed E-state index contributed by atoms with van der Waals surface area (Å²) in [6.45, 7) is 30.5. The van der Waals surface area contributed by atoms with E-state index in [2.05, 4.69) is 149 Å². The number of thiophene rings is 1. The maximum absolute atomic E-state index is 5.15. The molecule has 1 unspecified atom stereocenters. The summed E-state index contributed by atoms with van der Waals surface area (Å²) in [6, 6.07) is 48.2. The van der Waals surface area contributed by atoms with E-state index in [4.69, 9.17) is 15.0 Å². The van der Waals surface area contributed by atoms with Crippen molar-refractivity contribution in [2.75, 3.05) is 0 Å². The molecule has 0 N–H and O–H groups in total. The highest BCUT2D eigenvalue weighted by molar-refractivity contribution is 7.19. The fourth-order valence-electron chi connectivity index (χ4n) is 7.55. The SMILES string of the molecule is C=CCCC(=C)C(=C)CCC(=C)C(=C)CC(C(=C)C(=C)CCc1cc2c(-c3nc(-c4ccccc4)nc(-c4cccc(-c5ccccc5)c4)n3)cccc2s1)c1ccccc1. The Morgan fingerprint density at radius 2 is 1.07 bits per heavy atom. The van der Waals surface area contributed by atoms with E-state index in [0.717, 1.165) is 112 Å². The average molecular weight is 812 g/mol. The van der Waals surface area contributed by atoms with Crippen molar-refractivity contribution in [1.82, 2.24) is 15.0 Å². The summed E-state index contributed by atoms with van der Waals surface area (Å²) in [5, 5.41) is 1.13. The fourth-order valence-corrected chi connectivity index (χ4v) is 8.64. The third-order valence-corrected chi connectivity index (χ3v) is 12.5. The standard InChI is InChI=1S/C57H53N3S/c1-8-9-21-39(2)40(3)32-33-41(4)43(6)36-52(46-24-15-11-16-25-46)44(7)42(5)34-35-50-38-53-51(30-20-31-54(53)61-50)57-59-55(47-26-17-12-18-27-47)58-56(60-57)49-29-19-28-48(37-49)45-22-13-10-14-23-45/h8,10-20,22-31,37-38,52H,1-7,9,21,32-36H2. The third kappa shape index (κ3) is 10.5. The summed E-state index contributed by atoms with van der Waals surface area (Å²) in [6.07, 6.45) is 7.69. The van der Waals surface area contributed by atoms with Crippen LogP contribution in [-0.2, 0) is 6.42 Å². The van der Waals surface area contributed by atoms with Crippen LogP contribution in [0, 0.1) is 0 Å². The van der Waals surface area contributed by atoms with Crippen LogP contribution in [0.5, 0.6) is 0 Å². The van der Waals surface area contributed by atoms with Crippen LogP contribution in [0.15, 0.2) is 225 Å². The molecule has 0 saturated carbocycles. The van der Waals surface area contributed by atoms with Crippen molar-refractivity contribution in [2.24, 2.45) is 0 Å². The van der Waals surface area contributed by atoms with E-state index >= 15 is 0 Å². The highest BCUT2D eigenvalue weighted by Crippen LogP contribution is 2.39. The van der Waals surface area contributed by atoms with Gasteiger partial charge in [-0.25, -0.2) is 15.0 Å². The molecule has 0 aliphatic carbocycles. The van der Waals surface area contributed by atoms with E-state index in [1.54, 1.807) is 0 Å². The van der Waals surface area contributed by atoms with Crippen LogP contribution < -0.4 is 0 Å². The van der Waals surface area contributed by atoms with Gasteiger partial charge in [0.15, 0.2) is 17.5 Å². The van der Waals surface area contributed by atoms with Crippen LogP contribution in [0.2, 0.25) is 0 Å². The van der Waals surface area contributed by atoms with Gasteiger partial charge in [0.1, 0.15) is 0 Å². The van der Waals surface area contributed by atoms with Crippen LogP contribution in [0.25, 0.3) is 55.4 Å². The Morgan fingerprint density at radius 3 is 1.75 bits per heavy atom. The number of hydrogen-bond acceptors (Lipinski definition) is 4. The zero-order chi connectivity index (χ0) is 42.7. The number of aryl methyl sites for hydroxylation is 1. The van der Waals surface area contributed by atoms with Crippen LogP contribution >= 0.6 is 11.3 Å². The number of hydrogen-bond donors (Lipinski definition) is 0. The first-order chi connectivity index (χ1) is 29.7. The molecule has 0 aliphatic heterocycles. The van der Waals surface area contributed by atoms with Crippen LogP contribution in [0.1, 0.15) is 54.9 Å². The lowest BCUT2D eigenvalue weighted by Crippen LogP contribution is -2.07. The molecule has 7 rings (SSSR count). The van der Waals surface area contributed by atoms with E-state index in [1.165, 1.54) is 15.1 Å². The van der Waals surface area contributed by atoms with Gasteiger partial charge in [-0.2, -0.15) is 0 Å². The van der Waals surface area contributed by atoms with E-state index < -0.39 is 0 Å². The molecule has 3 nitrogen and oxygen atoms in total. The monoisotopic (exact) mass is 811 g/mol. The van der Waals surface area contributed by atoms with Crippen molar-refractivity contribution in [3.05, 3.63) is 236 Å². The lowest BCUT2D eigenvalue weighted by atomic mass is 9.80. The van der Waals surface area contributed by atoms with Gasteiger partial charge >= 0.3 is 0 Å². The van der Waals surface area contributed by atoms with Gasteiger partial charge in [-0.3, -0.25) is 0 Å². The Hall–Kier alpha value is -6.75. The molecule has 0 bridgehead atoms. The van der Waals surface area contributed by atoms with Gasteiger partial charge < -0.3 is 0 Å². The Bertz CT molecular complexity index is 2740. The molecule has 0 radical (unpaired) electrons. The van der Waals surface area contributed by atoms with E-state index in [-0.39, 0.29) is 5.92 Å². The Morgan fingerprint density at radius 1 is 0.508 bits per heavy atom. The molecule has 0 amide bonds. The van der Waals surface area contributed by atoms with E-state index in [9.17, 15) is 0 Å². The summed E-state index contributed by atoms with van der Waals surface area (Å²) < 4.78 is 1.19. The molecule has 0 spiro atoms. The van der Waals surface area contributed by atoms with Crippen molar-refractivity contribution in [3.63, 3.8) is 0 Å². The number of rotatable bonds is 20. The molecule has 61 heavy (non-hydrogen) atoms. The lowest BCUT2D eigenvalue weighted by Gasteiger charge is -2.24. The van der Waals surface area contributed by atoms with Crippen molar-refractivity contribution in [2.45, 2.75) is 50.9 Å². The summed E-state index contributed by atoms with van der Waals surface area (Å²) in [5.41, 5.74) is 12.6. The largest absolute Gasteiger partial charge is 0.208 e. The second-order valence-electron chi connectivity index (χ2n) is 15.6. The van der Waals surface area contributed by atoms with Gasteiger partial charge in [0.25, 0.3) is 0 Å². The van der Waals surface area contributed by atoms with Crippen LogP contribution in [0.3, 0.4) is 0 Å². The van der Waals surface area contributed by atoms with Crippen LogP contribution in [-0.4, -0.2) is 15.0 Å². The molecule has 1 atom stereocenters. The molecule has 4 heteroatoms. The first-order valence-corrected chi connectivity index (χ1v) is 21.7. The highest BCUT2D eigenvalue weighted by Gasteiger charge is 2.21. The van der Waals surface area contributed by atoms with Crippen LogP contribution in [0.4, 0.5) is 0 Å². The van der Waals surface area contributed by atoms with Gasteiger partial charge in [0.2, 0.25) is 0 Å². The average Bonchev–Trinajstić information content (AvgIpc) is 3.74. The summed E-state index contributed by atoms with van der Waals surface area (Å²) in [4.78, 5) is 16.5. The predicted molar refractivity (Wildman–Crippen MR) is 263 cm³/mol. The van der Waals surface area contributed by atoms with Crippen molar-refractivity contribution in [3.8, 4) is 45.3 Å². The summed E-state index contributed by atoms with van der Waals surface area (Å²) in [5.74, 6) is 1.97. The first-order valence-electron chi connectivity index (χ1n) is 20.9. The molecular weight excluding hydrogens is 759 g/mol. The topological polar surface area (TPSA) is 38.7 Å². The maximum Gasteiger partial charge on any atom is 0.164 e. The molecule has 2 heterocycles. The van der Waals surface area contributed by atoms with Gasteiger partial charge in [-0.1, -0.05) is 195 Å². The second-order valence-corrected chi connectivity index (χ2v) is 16.8. The summed E-state index contributed by atoms with van der Waals surface area (Å²) in [7, 11) is 0. The Kier molecular flexibility index (Phi) is 13.9. The molecular formula is C57H53N3S. The normalized spacial score (nSPS) is 11.5. The predicted octanol–water partition coefficient (Wildman–Crippen LogP) is 15.9. The number of nitrogens with zero attached hydrogens (tertiary/aromatic N) is 3. The maximum atomic E-state index is 5.15. The first kappa shape index (κ1) is 42.4. The fraction of sp³-hybridized carbons (Fsp3) is 0.140. The zero-order valence-electron chi connectivity index (χ0n) is 35.1. The van der Waals surface area contributed by atoms with Gasteiger partial charge in [-0.05, 0) is 85.4 Å². The van der Waals surface area contributed by atoms with Gasteiger partial charge in [0, 0.05) is 37.6 Å². The van der Waals surface area contributed by atoms with Gasteiger partial charge in [-0.15, -0.1) is 17.9 Å². The second kappa shape index (κ2) is 20.0. The van der Waals surface area contributed by atoms with E-state index in [0.29, 0.717) is 17.5 Å². The molecule has 302 valence electrons. The number of allylic oxidation sites excluding steroid dienone is 7. The molecule has 0 fully saturated rings. The minimum atomic E-state index is 0.0444. The van der Waals surface area contributed by atoms with Crippen molar-refractivity contribution < 1.29 is 0 Å².